The maximum Gasteiger partial charge on any atom is 0.137 e. The Labute approximate surface area is 129 Å². The summed E-state index contributed by atoms with van der Waals surface area (Å²) in [5.74, 6) is 0.619. The van der Waals surface area contributed by atoms with Crippen molar-refractivity contribution in [2.24, 2.45) is 0 Å². The second-order valence-corrected chi connectivity index (χ2v) is 6.19. The molecule has 0 aromatic heterocycles. The quantitative estimate of drug-likeness (QED) is 0.850. The fourth-order valence-electron chi connectivity index (χ4n) is 1.83. The average molecular weight is 305 g/mol. The number of benzene rings is 2. The molecule has 0 fully saturated rings. The van der Waals surface area contributed by atoms with Gasteiger partial charge in [0.15, 0.2) is 0 Å². The minimum atomic E-state index is -0.182. The van der Waals surface area contributed by atoms with Crippen molar-refractivity contribution in [3.63, 3.8) is 0 Å². The molecule has 0 radical (unpaired) electrons. The van der Waals surface area contributed by atoms with Crippen molar-refractivity contribution >= 4 is 11.8 Å². The zero-order valence-corrected chi connectivity index (χ0v) is 13.3. The zero-order valence-electron chi connectivity index (χ0n) is 12.5. The maximum atomic E-state index is 14.1. The molecule has 2 aromatic carbocycles. The molecule has 2 nitrogen and oxygen atoms in total. The van der Waals surface area contributed by atoms with E-state index in [0.717, 1.165) is 16.2 Å². The van der Waals surface area contributed by atoms with Crippen LogP contribution in [0.2, 0.25) is 0 Å². The molecule has 1 N–H and O–H groups in total. The zero-order chi connectivity index (χ0) is 15.2. The minimum absolute atomic E-state index is 0.182. The van der Waals surface area contributed by atoms with Gasteiger partial charge in [-0.2, -0.15) is 0 Å². The van der Waals surface area contributed by atoms with Crippen molar-refractivity contribution in [3.05, 3.63) is 53.8 Å². The fourth-order valence-corrected chi connectivity index (χ4v) is 2.65. The Bertz CT molecular complexity index is 584. The van der Waals surface area contributed by atoms with Crippen LogP contribution < -0.4 is 10.1 Å². The number of rotatable bonds is 6. The molecule has 0 amide bonds. The summed E-state index contributed by atoms with van der Waals surface area (Å²) in [6.07, 6.45) is 0. The highest BCUT2D eigenvalue weighted by Gasteiger charge is 2.06. The molecule has 0 unspecified atom stereocenters. The molecule has 0 bridgehead atoms. The van der Waals surface area contributed by atoms with Gasteiger partial charge in [0.2, 0.25) is 0 Å². The first-order valence-electron chi connectivity index (χ1n) is 6.92. The SMILES string of the molecule is COc1ccc(Sc2ccc(CNC(C)C)cc2F)cc1. The van der Waals surface area contributed by atoms with Crippen LogP contribution in [0.4, 0.5) is 4.39 Å². The lowest BCUT2D eigenvalue weighted by molar-refractivity contribution is 0.414. The highest BCUT2D eigenvalue weighted by molar-refractivity contribution is 7.99. The molecule has 2 rings (SSSR count). The van der Waals surface area contributed by atoms with Crippen LogP contribution in [-0.2, 0) is 6.54 Å². The van der Waals surface area contributed by atoms with Crippen molar-refractivity contribution in [1.29, 1.82) is 0 Å². The molecule has 0 heterocycles. The van der Waals surface area contributed by atoms with Gasteiger partial charge in [0.25, 0.3) is 0 Å². The molecule has 0 saturated carbocycles. The van der Waals surface area contributed by atoms with Crippen LogP contribution in [0.15, 0.2) is 52.3 Å². The van der Waals surface area contributed by atoms with Crippen LogP contribution in [0.25, 0.3) is 0 Å². The maximum absolute atomic E-state index is 14.1. The lowest BCUT2D eigenvalue weighted by Crippen LogP contribution is -2.21. The summed E-state index contributed by atoms with van der Waals surface area (Å²) in [5, 5.41) is 3.28. The van der Waals surface area contributed by atoms with Gasteiger partial charge in [-0.25, -0.2) is 4.39 Å². The Morgan fingerprint density at radius 2 is 1.86 bits per heavy atom. The number of methoxy groups -OCH3 is 1. The first-order valence-corrected chi connectivity index (χ1v) is 7.74. The topological polar surface area (TPSA) is 21.3 Å². The summed E-state index contributed by atoms with van der Waals surface area (Å²) >= 11 is 1.42. The first-order chi connectivity index (χ1) is 10.1. The van der Waals surface area contributed by atoms with Gasteiger partial charge >= 0.3 is 0 Å². The molecule has 0 aliphatic heterocycles. The summed E-state index contributed by atoms with van der Waals surface area (Å²) < 4.78 is 19.2. The van der Waals surface area contributed by atoms with Crippen molar-refractivity contribution in [2.45, 2.75) is 36.2 Å². The summed E-state index contributed by atoms with van der Waals surface area (Å²) in [7, 11) is 1.63. The van der Waals surface area contributed by atoms with Crippen LogP contribution >= 0.6 is 11.8 Å². The molecular formula is C17H20FNOS. The van der Waals surface area contributed by atoms with E-state index in [1.54, 1.807) is 13.2 Å². The highest BCUT2D eigenvalue weighted by Crippen LogP contribution is 2.31. The van der Waals surface area contributed by atoms with E-state index >= 15 is 0 Å². The molecule has 0 aliphatic rings. The highest BCUT2D eigenvalue weighted by atomic mass is 32.2. The van der Waals surface area contributed by atoms with Crippen LogP contribution in [0.5, 0.6) is 5.75 Å². The number of hydrogen-bond donors (Lipinski definition) is 1. The average Bonchev–Trinajstić information content (AvgIpc) is 2.48. The van der Waals surface area contributed by atoms with Gasteiger partial charge in [0, 0.05) is 22.4 Å². The molecule has 2 aromatic rings. The van der Waals surface area contributed by atoms with Crippen molar-refractivity contribution in [3.8, 4) is 5.75 Å². The van der Waals surface area contributed by atoms with E-state index in [1.165, 1.54) is 11.8 Å². The molecule has 112 valence electrons. The summed E-state index contributed by atoms with van der Waals surface area (Å²) in [6, 6.07) is 13.4. The summed E-state index contributed by atoms with van der Waals surface area (Å²) in [4.78, 5) is 1.62. The molecule has 21 heavy (non-hydrogen) atoms. The Hall–Kier alpha value is -1.52. The monoisotopic (exact) mass is 305 g/mol. The normalized spacial score (nSPS) is 10.9. The lowest BCUT2D eigenvalue weighted by atomic mass is 10.2. The van der Waals surface area contributed by atoms with Gasteiger partial charge in [-0.1, -0.05) is 31.7 Å². The Morgan fingerprint density at radius 3 is 2.43 bits per heavy atom. The predicted octanol–water partition coefficient (Wildman–Crippen LogP) is 4.48. The summed E-state index contributed by atoms with van der Waals surface area (Å²) in [5.41, 5.74) is 0.959. The summed E-state index contributed by atoms with van der Waals surface area (Å²) in [6.45, 7) is 4.83. The third kappa shape index (κ3) is 4.76. The molecular weight excluding hydrogens is 285 g/mol. The van der Waals surface area contributed by atoms with Gasteiger partial charge in [-0.3, -0.25) is 0 Å². The van der Waals surface area contributed by atoms with Crippen molar-refractivity contribution in [2.75, 3.05) is 7.11 Å². The number of halogens is 1. The van der Waals surface area contributed by atoms with Gasteiger partial charge in [0.1, 0.15) is 11.6 Å². The second kappa shape index (κ2) is 7.48. The van der Waals surface area contributed by atoms with E-state index in [9.17, 15) is 4.39 Å². The predicted molar refractivity (Wildman–Crippen MR) is 85.5 cm³/mol. The van der Waals surface area contributed by atoms with Crippen LogP contribution in [0.1, 0.15) is 19.4 Å². The largest absolute Gasteiger partial charge is 0.497 e. The van der Waals surface area contributed by atoms with Gasteiger partial charge in [-0.05, 0) is 42.0 Å². The molecule has 0 aliphatic carbocycles. The standard InChI is InChI=1S/C17H20FNOS/c1-12(2)19-11-13-4-9-17(16(18)10-13)21-15-7-5-14(20-3)6-8-15/h4-10,12,19H,11H2,1-3H3. The number of hydrogen-bond acceptors (Lipinski definition) is 3. The van der Waals surface area contributed by atoms with E-state index in [0.29, 0.717) is 17.5 Å². The van der Waals surface area contributed by atoms with E-state index in [4.69, 9.17) is 4.74 Å². The third-order valence-electron chi connectivity index (χ3n) is 3.00. The van der Waals surface area contributed by atoms with Crippen molar-refractivity contribution < 1.29 is 9.13 Å². The first kappa shape index (κ1) is 15.9. The smallest absolute Gasteiger partial charge is 0.137 e. The van der Waals surface area contributed by atoms with Crippen LogP contribution in [0.3, 0.4) is 0 Å². The molecule has 0 atom stereocenters. The van der Waals surface area contributed by atoms with Crippen LogP contribution in [0, 0.1) is 5.82 Å². The van der Waals surface area contributed by atoms with Gasteiger partial charge in [0.05, 0.1) is 7.11 Å². The lowest BCUT2D eigenvalue weighted by Gasteiger charge is -2.10. The van der Waals surface area contributed by atoms with E-state index in [2.05, 4.69) is 19.2 Å². The Morgan fingerprint density at radius 1 is 1.14 bits per heavy atom. The molecule has 0 spiro atoms. The van der Waals surface area contributed by atoms with Crippen LogP contribution in [-0.4, -0.2) is 13.2 Å². The van der Waals surface area contributed by atoms with E-state index in [-0.39, 0.29) is 5.82 Å². The minimum Gasteiger partial charge on any atom is -0.497 e. The molecule has 0 saturated heterocycles. The van der Waals surface area contributed by atoms with Gasteiger partial charge < -0.3 is 10.1 Å². The second-order valence-electron chi connectivity index (χ2n) is 5.08. The van der Waals surface area contributed by atoms with E-state index < -0.39 is 0 Å². The van der Waals surface area contributed by atoms with E-state index in [1.807, 2.05) is 36.4 Å². The van der Waals surface area contributed by atoms with Gasteiger partial charge in [-0.15, -0.1) is 0 Å². The fraction of sp³-hybridized carbons (Fsp3) is 0.294. The molecule has 4 heteroatoms. The third-order valence-corrected chi connectivity index (χ3v) is 4.06. The Balaban J connectivity index is 2.06. The number of ether oxygens (including phenoxy) is 1. The Kier molecular flexibility index (Phi) is 5.65. The van der Waals surface area contributed by atoms with Crippen molar-refractivity contribution in [1.82, 2.24) is 5.32 Å². The number of nitrogens with one attached hydrogen (secondary N) is 1.